The van der Waals surface area contributed by atoms with Crippen LogP contribution in [-0.2, 0) is 6.54 Å². The summed E-state index contributed by atoms with van der Waals surface area (Å²) in [5, 5.41) is 0. The topological polar surface area (TPSA) is 57.2 Å². The van der Waals surface area contributed by atoms with Crippen LogP contribution in [-0.4, -0.2) is 37.9 Å². The van der Waals surface area contributed by atoms with Gasteiger partial charge in [0.15, 0.2) is 23.0 Å². The first-order valence-corrected chi connectivity index (χ1v) is 8.24. The van der Waals surface area contributed by atoms with Crippen LogP contribution < -0.4 is 18.9 Å². The molecule has 25 heavy (non-hydrogen) atoms. The molecule has 4 rings (SSSR count). The van der Waals surface area contributed by atoms with E-state index in [0.717, 1.165) is 17.7 Å². The zero-order valence-corrected chi connectivity index (χ0v) is 14.0. The molecule has 0 saturated carbocycles. The van der Waals surface area contributed by atoms with Crippen LogP contribution in [0.2, 0.25) is 0 Å². The van der Waals surface area contributed by atoms with E-state index in [1.165, 1.54) is 0 Å². The molecule has 0 spiro atoms. The smallest absolute Gasteiger partial charge is 0.254 e. The van der Waals surface area contributed by atoms with Crippen LogP contribution >= 0.6 is 0 Å². The van der Waals surface area contributed by atoms with Crippen LogP contribution in [0.5, 0.6) is 23.0 Å². The van der Waals surface area contributed by atoms with E-state index in [1.807, 2.05) is 18.2 Å². The zero-order valence-electron chi connectivity index (χ0n) is 14.0. The molecule has 2 aliphatic heterocycles. The highest BCUT2D eigenvalue weighted by atomic mass is 16.7. The number of carbonyl (C=O) groups is 1. The number of fused-ring (bicyclic) bond motifs is 2. The van der Waals surface area contributed by atoms with Crippen LogP contribution in [0.25, 0.3) is 0 Å². The predicted molar refractivity (Wildman–Crippen MR) is 90.4 cm³/mol. The van der Waals surface area contributed by atoms with Crippen molar-refractivity contribution in [1.29, 1.82) is 0 Å². The Balaban J connectivity index is 1.49. The summed E-state index contributed by atoms with van der Waals surface area (Å²) in [7, 11) is 1.77. The first kappa shape index (κ1) is 15.6. The van der Waals surface area contributed by atoms with Crippen LogP contribution in [0.1, 0.15) is 22.3 Å². The van der Waals surface area contributed by atoms with Crippen molar-refractivity contribution in [3.8, 4) is 23.0 Å². The summed E-state index contributed by atoms with van der Waals surface area (Å²) in [6.45, 7) is 1.94. The minimum absolute atomic E-state index is 0.0756. The number of amides is 1. The lowest BCUT2D eigenvalue weighted by Gasteiger charge is -2.18. The minimum atomic E-state index is -0.0756. The van der Waals surface area contributed by atoms with Gasteiger partial charge in [-0.1, -0.05) is 6.07 Å². The third kappa shape index (κ3) is 3.20. The number of ether oxygens (including phenoxy) is 4. The molecule has 0 bridgehead atoms. The van der Waals surface area contributed by atoms with Gasteiger partial charge in [0.25, 0.3) is 5.91 Å². The number of hydrogen-bond donors (Lipinski definition) is 0. The second kappa shape index (κ2) is 6.55. The Morgan fingerprint density at radius 3 is 2.48 bits per heavy atom. The molecule has 0 unspecified atom stereocenters. The van der Waals surface area contributed by atoms with E-state index in [0.29, 0.717) is 42.6 Å². The van der Waals surface area contributed by atoms with Gasteiger partial charge in [0, 0.05) is 25.6 Å². The maximum atomic E-state index is 12.7. The zero-order chi connectivity index (χ0) is 17.2. The van der Waals surface area contributed by atoms with Crippen LogP contribution in [0, 0.1) is 0 Å². The van der Waals surface area contributed by atoms with Gasteiger partial charge in [-0.25, -0.2) is 0 Å². The molecule has 0 radical (unpaired) electrons. The Kier molecular flexibility index (Phi) is 4.09. The first-order chi connectivity index (χ1) is 12.2. The molecule has 0 atom stereocenters. The third-order valence-corrected chi connectivity index (χ3v) is 4.20. The maximum Gasteiger partial charge on any atom is 0.254 e. The summed E-state index contributed by atoms with van der Waals surface area (Å²) in [6.07, 6.45) is 0.835. The highest BCUT2D eigenvalue weighted by molar-refractivity contribution is 5.94. The third-order valence-electron chi connectivity index (χ3n) is 4.20. The normalized spacial score (nSPS) is 14.8. The molecule has 6 heteroatoms. The van der Waals surface area contributed by atoms with E-state index in [4.69, 9.17) is 18.9 Å². The van der Waals surface area contributed by atoms with E-state index in [9.17, 15) is 4.79 Å². The van der Waals surface area contributed by atoms with Crippen molar-refractivity contribution in [2.24, 2.45) is 0 Å². The molecule has 2 heterocycles. The van der Waals surface area contributed by atoms with Crippen molar-refractivity contribution in [2.45, 2.75) is 13.0 Å². The monoisotopic (exact) mass is 341 g/mol. The van der Waals surface area contributed by atoms with Crippen molar-refractivity contribution < 1.29 is 23.7 Å². The number of nitrogens with zero attached hydrogens (tertiary/aromatic N) is 1. The first-order valence-electron chi connectivity index (χ1n) is 8.24. The van der Waals surface area contributed by atoms with Gasteiger partial charge in [0.2, 0.25) is 6.79 Å². The number of rotatable bonds is 3. The maximum absolute atomic E-state index is 12.7. The minimum Gasteiger partial charge on any atom is -0.490 e. The van der Waals surface area contributed by atoms with Gasteiger partial charge in [0.05, 0.1) is 13.2 Å². The summed E-state index contributed by atoms with van der Waals surface area (Å²) >= 11 is 0. The van der Waals surface area contributed by atoms with Gasteiger partial charge in [-0.15, -0.1) is 0 Å². The lowest BCUT2D eigenvalue weighted by atomic mass is 10.1. The van der Waals surface area contributed by atoms with Crippen molar-refractivity contribution in [3.63, 3.8) is 0 Å². The van der Waals surface area contributed by atoms with Gasteiger partial charge in [-0.3, -0.25) is 4.79 Å². The lowest BCUT2D eigenvalue weighted by molar-refractivity contribution is 0.0784. The fourth-order valence-corrected chi connectivity index (χ4v) is 2.90. The summed E-state index contributed by atoms with van der Waals surface area (Å²) in [4.78, 5) is 14.4. The summed E-state index contributed by atoms with van der Waals surface area (Å²) in [6, 6.07) is 11.0. The molecule has 1 amide bonds. The highest BCUT2D eigenvalue weighted by Crippen LogP contribution is 2.33. The van der Waals surface area contributed by atoms with Crippen molar-refractivity contribution in [2.75, 3.05) is 27.1 Å². The Hall–Kier alpha value is -2.89. The standard InChI is InChI=1S/C19H19NO5/c1-20(11-13-3-5-16-17(9-13)25-12-24-16)19(21)14-4-6-15-18(10-14)23-8-2-7-22-15/h3-6,9-10H,2,7-8,11-12H2,1H3. The Morgan fingerprint density at radius 1 is 0.920 bits per heavy atom. The average molecular weight is 341 g/mol. The average Bonchev–Trinajstić information content (AvgIpc) is 2.96. The fraction of sp³-hybridized carbons (Fsp3) is 0.316. The number of carbonyl (C=O) groups excluding carboxylic acids is 1. The molecule has 2 aromatic carbocycles. The van der Waals surface area contributed by atoms with E-state index in [2.05, 4.69) is 0 Å². The second-order valence-electron chi connectivity index (χ2n) is 6.06. The summed E-state index contributed by atoms with van der Waals surface area (Å²) in [5.74, 6) is 2.69. The summed E-state index contributed by atoms with van der Waals surface area (Å²) in [5.41, 5.74) is 1.56. The molecule has 0 aliphatic carbocycles. The molecule has 130 valence electrons. The molecule has 0 saturated heterocycles. The number of benzene rings is 2. The molecule has 2 aliphatic rings. The quantitative estimate of drug-likeness (QED) is 0.859. The second-order valence-corrected chi connectivity index (χ2v) is 6.06. The predicted octanol–water partition coefficient (Wildman–Crippen LogP) is 2.85. The molecule has 0 fully saturated rings. The summed E-state index contributed by atoms with van der Waals surface area (Å²) < 4.78 is 22.0. The molecule has 0 aromatic heterocycles. The van der Waals surface area contributed by atoms with E-state index >= 15 is 0 Å². The molecule has 2 aromatic rings. The molecular weight excluding hydrogens is 322 g/mol. The molecule has 0 N–H and O–H groups in total. The van der Waals surface area contributed by atoms with Crippen LogP contribution in [0.4, 0.5) is 0 Å². The van der Waals surface area contributed by atoms with Gasteiger partial charge in [0.1, 0.15) is 0 Å². The van der Waals surface area contributed by atoms with E-state index in [1.54, 1.807) is 30.1 Å². The van der Waals surface area contributed by atoms with E-state index < -0.39 is 0 Å². The van der Waals surface area contributed by atoms with Gasteiger partial charge in [-0.05, 0) is 35.9 Å². The molecule has 6 nitrogen and oxygen atoms in total. The van der Waals surface area contributed by atoms with Gasteiger partial charge < -0.3 is 23.8 Å². The largest absolute Gasteiger partial charge is 0.490 e. The number of hydrogen-bond acceptors (Lipinski definition) is 5. The van der Waals surface area contributed by atoms with Crippen molar-refractivity contribution >= 4 is 5.91 Å². The highest BCUT2D eigenvalue weighted by Gasteiger charge is 2.18. The molecular formula is C19H19NO5. The van der Waals surface area contributed by atoms with Crippen molar-refractivity contribution in [3.05, 3.63) is 47.5 Å². The fourth-order valence-electron chi connectivity index (χ4n) is 2.90. The van der Waals surface area contributed by atoms with Crippen LogP contribution in [0.3, 0.4) is 0 Å². The van der Waals surface area contributed by atoms with Crippen LogP contribution in [0.15, 0.2) is 36.4 Å². The van der Waals surface area contributed by atoms with Crippen molar-refractivity contribution in [1.82, 2.24) is 4.90 Å². The van der Waals surface area contributed by atoms with Gasteiger partial charge in [-0.2, -0.15) is 0 Å². The van der Waals surface area contributed by atoms with Gasteiger partial charge >= 0.3 is 0 Å². The lowest BCUT2D eigenvalue weighted by Crippen LogP contribution is -2.26. The Bertz CT molecular complexity index is 804. The SMILES string of the molecule is CN(Cc1ccc2c(c1)OCO2)C(=O)c1ccc2c(c1)OCCCO2. The Morgan fingerprint density at radius 2 is 1.60 bits per heavy atom. The van der Waals surface area contributed by atoms with E-state index in [-0.39, 0.29) is 12.7 Å². The Labute approximate surface area is 145 Å².